The molecule has 6 heteroatoms. The van der Waals surface area contributed by atoms with Gasteiger partial charge in [0.15, 0.2) is 11.6 Å². The Balaban J connectivity index is 2.10. The molecule has 0 fully saturated rings. The van der Waals surface area contributed by atoms with Crippen molar-refractivity contribution in [3.8, 4) is 5.75 Å². The molecule has 18 heavy (non-hydrogen) atoms. The van der Waals surface area contributed by atoms with Gasteiger partial charge in [-0.05, 0) is 24.3 Å². The van der Waals surface area contributed by atoms with Crippen molar-refractivity contribution in [2.75, 3.05) is 0 Å². The Morgan fingerprint density at radius 1 is 1.22 bits per heavy atom. The van der Waals surface area contributed by atoms with Gasteiger partial charge in [-0.25, -0.2) is 4.39 Å². The Labute approximate surface area is 116 Å². The Morgan fingerprint density at radius 3 is 2.61 bits per heavy atom. The van der Waals surface area contributed by atoms with Gasteiger partial charge in [-0.2, -0.15) is 4.39 Å². The van der Waals surface area contributed by atoms with Gasteiger partial charge in [-0.1, -0.05) is 15.9 Å². The predicted molar refractivity (Wildman–Crippen MR) is 70.6 cm³/mol. The van der Waals surface area contributed by atoms with Crippen LogP contribution in [-0.2, 0) is 13.2 Å². The van der Waals surface area contributed by atoms with E-state index >= 15 is 0 Å². The van der Waals surface area contributed by atoms with Crippen molar-refractivity contribution in [2.45, 2.75) is 13.2 Å². The third-order valence-corrected chi connectivity index (χ3v) is 3.79. The van der Waals surface area contributed by atoms with E-state index in [1.165, 1.54) is 17.4 Å². The minimum atomic E-state index is -0.978. The molecule has 96 valence electrons. The highest BCUT2D eigenvalue weighted by Gasteiger charge is 2.11. The van der Waals surface area contributed by atoms with Gasteiger partial charge in [0, 0.05) is 20.8 Å². The van der Waals surface area contributed by atoms with Gasteiger partial charge in [0.25, 0.3) is 0 Å². The molecule has 1 heterocycles. The van der Waals surface area contributed by atoms with Crippen LogP contribution in [0.5, 0.6) is 5.75 Å². The molecule has 0 atom stereocenters. The van der Waals surface area contributed by atoms with Gasteiger partial charge in [0.05, 0.1) is 0 Å². The van der Waals surface area contributed by atoms with Crippen LogP contribution in [0.2, 0.25) is 0 Å². The number of halogens is 3. The maximum atomic E-state index is 13.4. The Bertz CT molecular complexity index is 559. The quantitative estimate of drug-likeness (QED) is 0.863. The summed E-state index contributed by atoms with van der Waals surface area (Å²) in [5.41, 5.74) is 5.49. The van der Waals surface area contributed by atoms with Crippen molar-refractivity contribution < 1.29 is 13.5 Å². The van der Waals surface area contributed by atoms with E-state index < -0.39 is 11.6 Å². The minimum absolute atomic E-state index is 0.107. The van der Waals surface area contributed by atoms with Gasteiger partial charge in [-0.3, -0.25) is 0 Å². The zero-order chi connectivity index (χ0) is 13.1. The second-order valence-electron chi connectivity index (χ2n) is 3.56. The summed E-state index contributed by atoms with van der Waals surface area (Å²) in [6, 6.07) is 6.20. The van der Waals surface area contributed by atoms with Crippen molar-refractivity contribution in [2.24, 2.45) is 5.73 Å². The standard InChI is InChI=1S/C12H10BrF2NOS/c13-7-3-10(14)12(15)11(4-7)17-6-9-2-1-8(5-16)18-9/h1-4H,5-6,16H2. The lowest BCUT2D eigenvalue weighted by molar-refractivity contribution is 0.287. The first-order chi connectivity index (χ1) is 8.60. The van der Waals surface area contributed by atoms with Gasteiger partial charge in [-0.15, -0.1) is 11.3 Å². The number of ether oxygens (including phenoxy) is 1. The van der Waals surface area contributed by atoms with Crippen LogP contribution in [0.3, 0.4) is 0 Å². The van der Waals surface area contributed by atoms with Gasteiger partial charge in [0.1, 0.15) is 6.61 Å². The fraction of sp³-hybridized carbons (Fsp3) is 0.167. The molecule has 0 radical (unpaired) electrons. The Morgan fingerprint density at radius 2 is 1.94 bits per heavy atom. The van der Waals surface area contributed by atoms with Gasteiger partial charge in [0.2, 0.25) is 5.82 Å². The fourth-order valence-electron chi connectivity index (χ4n) is 1.40. The molecule has 0 amide bonds. The zero-order valence-electron chi connectivity index (χ0n) is 9.25. The van der Waals surface area contributed by atoms with Crippen LogP contribution in [0.15, 0.2) is 28.7 Å². The summed E-state index contributed by atoms with van der Waals surface area (Å²) in [5.74, 6) is -2.02. The first-order valence-corrected chi connectivity index (χ1v) is 6.76. The highest BCUT2D eigenvalue weighted by molar-refractivity contribution is 9.10. The van der Waals surface area contributed by atoms with Crippen molar-refractivity contribution in [3.05, 3.63) is 50.1 Å². The van der Waals surface area contributed by atoms with Crippen LogP contribution >= 0.6 is 27.3 Å². The molecule has 1 aromatic heterocycles. The molecular weight excluding hydrogens is 324 g/mol. The second-order valence-corrected chi connectivity index (χ2v) is 5.73. The van der Waals surface area contributed by atoms with Crippen LogP contribution in [-0.4, -0.2) is 0 Å². The summed E-state index contributed by atoms with van der Waals surface area (Å²) in [5, 5.41) is 0. The van der Waals surface area contributed by atoms with Crippen molar-refractivity contribution >= 4 is 27.3 Å². The van der Waals surface area contributed by atoms with Crippen LogP contribution in [0.4, 0.5) is 8.78 Å². The van der Waals surface area contributed by atoms with E-state index in [1.54, 1.807) is 0 Å². The number of benzene rings is 1. The fourth-order valence-corrected chi connectivity index (χ4v) is 2.61. The molecule has 0 saturated carbocycles. The molecule has 0 aliphatic rings. The van der Waals surface area contributed by atoms with E-state index in [0.717, 1.165) is 15.8 Å². The summed E-state index contributed by atoms with van der Waals surface area (Å²) in [7, 11) is 0. The lowest BCUT2D eigenvalue weighted by Crippen LogP contribution is -1.97. The van der Waals surface area contributed by atoms with Crippen LogP contribution < -0.4 is 10.5 Å². The molecule has 1 aromatic carbocycles. The summed E-state index contributed by atoms with van der Waals surface area (Å²) in [6.07, 6.45) is 0. The van der Waals surface area contributed by atoms with E-state index in [2.05, 4.69) is 15.9 Å². The number of hydrogen-bond acceptors (Lipinski definition) is 3. The zero-order valence-corrected chi connectivity index (χ0v) is 11.7. The van der Waals surface area contributed by atoms with E-state index in [1.807, 2.05) is 12.1 Å². The summed E-state index contributed by atoms with van der Waals surface area (Å²) < 4.78 is 32.2. The van der Waals surface area contributed by atoms with E-state index in [-0.39, 0.29) is 12.4 Å². The second kappa shape index (κ2) is 5.77. The third kappa shape index (κ3) is 3.07. The normalized spacial score (nSPS) is 10.7. The molecule has 0 aliphatic heterocycles. The summed E-state index contributed by atoms with van der Waals surface area (Å²) in [4.78, 5) is 1.93. The number of hydrogen-bond donors (Lipinski definition) is 1. The predicted octanol–water partition coefficient (Wildman–Crippen LogP) is 3.83. The molecule has 0 unspecified atom stereocenters. The van der Waals surface area contributed by atoms with Crippen LogP contribution in [0.25, 0.3) is 0 Å². The SMILES string of the molecule is NCc1ccc(COc2cc(Br)cc(F)c2F)s1. The molecular formula is C12H10BrF2NOS. The largest absolute Gasteiger partial charge is 0.485 e. The van der Waals surface area contributed by atoms with Crippen molar-refractivity contribution in [1.29, 1.82) is 0 Å². The first-order valence-electron chi connectivity index (χ1n) is 5.15. The lowest BCUT2D eigenvalue weighted by Gasteiger charge is -2.07. The molecule has 0 spiro atoms. The maximum Gasteiger partial charge on any atom is 0.200 e. The third-order valence-electron chi connectivity index (χ3n) is 2.25. The molecule has 2 rings (SSSR count). The topological polar surface area (TPSA) is 35.2 Å². The van der Waals surface area contributed by atoms with Gasteiger partial charge < -0.3 is 10.5 Å². The molecule has 0 aliphatic carbocycles. The van der Waals surface area contributed by atoms with Gasteiger partial charge >= 0.3 is 0 Å². The summed E-state index contributed by atoms with van der Waals surface area (Å²) >= 11 is 4.58. The highest BCUT2D eigenvalue weighted by Crippen LogP contribution is 2.27. The maximum absolute atomic E-state index is 13.4. The van der Waals surface area contributed by atoms with E-state index in [9.17, 15) is 8.78 Å². The van der Waals surface area contributed by atoms with E-state index in [0.29, 0.717) is 11.0 Å². The number of rotatable bonds is 4. The first kappa shape index (κ1) is 13.5. The average molecular weight is 334 g/mol. The van der Waals surface area contributed by atoms with Crippen LogP contribution in [0.1, 0.15) is 9.75 Å². The molecule has 0 saturated heterocycles. The highest BCUT2D eigenvalue weighted by atomic mass is 79.9. The number of nitrogens with two attached hydrogens (primary N) is 1. The lowest BCUT2D eigenvalue weighted by atomic mass is 10.3. The van der Waals surface area contributed by atoms with Crippen molar-refractivity contribution in [3.63, 3.8) is 0 Å². The van der Waals surface area contributed by atoms with E-state index in [4.69, 9.17) is 10.5 Å². The average Bonchev–Trinajstić information content (AvgIpc) is 2.80. The Hall–Kier alpha value is -0.980. The van der Waals surface area contributed by atoms with Crippen LogP contribution in [0, 0.1) is 11.6 Å². The minimum Gasteiger partial charge on any atom is -0.485 e. The molecule has 2 N–H and O–H groups in total. The number of thiophene rings is 1. The molecule has 2 aromatic rings. The molecule has 2 nitrogen and oxygen atoms in total. The molecule has 0 bridgehead atoms. The summed E-state index contributed by atoms with van der Waals surface area (Å²) in [6.45, 7) is 0.655. The van der Waals surface area contributed by atoms with Crippen molar-refractivity contribution in [1.82, 2.24) is 0 Å². The Kier molecular flexibility index (Phi) is 4.31. The smallest absolute Gasteiger partial charge is 0.200 e. The monoisotopic (exact) mass is 333 g/mol.